The third-order valence-corrected chi connectivity index (χ3v) is 3.47. The van der Waals surface area contributed by atoms with Gasteiger partial charge in [0.1, 0.15) is 0 Å². The van der Waals surface area contributed by atoms with Gasteiger partial charge in [-0.05, 0) is 23.1 Å². The standard InChI is InChI=1S/C2H3N3S3/c3-1-2(4-8-3)7-5-6-1/h3-5H. The van der Waals surface area contributed by atoms with Crippen molar-refractivity contribution in [2.45, 2.75) is 0 Å². The quantitative estimate of drug-likeness (QED) is 0.532. The molecule has 0 aliphatic carbocycles. The highest BCUT2D eigenvalue weighted by Crippen LogP contribution is 2.04. The average molecular weight is 165 g/mol. The Balaban J connectivity index is 3.19. The van der Waals surface area contributed by atoms with Crippen LogP contribution in [0.5, 0.6) is 0 Å². The molecule has 0 aromatic heterocycles. The summed E-state index contributed by atoms with van der Waals surface area (Å²) in [5, 5.41) is 0. The highest BCUT2D eigenvalue weighted by Gasteiger charge is 1.87. The van der Waals surface area contributed by atoms with Crippen molar-refractivity contribution in [2.24, 2.45) is 0 Å². The maximum Gasteiger partial charge on any atom is 0.157 e. The SMILES string of the molecule is [nH]1sc2[nH]s[nH]c=2s1. The fraction of sp³-hybridized carbons (Fsp3) is 0. The van der Waals surface area contributed by atoms with E-state index in [0.29, 0.717) is 0 Å². The van der Waals surface area contributed by atoms with Gasteiger partial charge in [0.05, 0.1) is 0 Å². The molecule has 2 aliphatic rings. The number of hydrogen-bond donors (Lipinski definition) is 3. The van der Waals surface area contributed by atoms with Gasteiger partial charge < -0.3 is 0 Å². The van der Waals surface area contributed by atoms with Crippen molar-refractivity contribution < 1.29 is 0 Å². The Morgan fingerprint density at radius 2 is 1.62 bits per heavy atom. The Bertz CT molecular complexity index is 266. The molecule has 0 spiro atoms. The van der Waals surface area contributed by atoms with E-state index in [-0.39, 0.29) is 0 Å². The van der Waals surface area contributed by atoms with Crippen LogP contribution >= 0.6 is 34.8 Å². The Hall–Kier alpha value is -0.200. The number of aromatic amines is 3. The fourth-order valence-electron chi connectivity index (χ4n) is 0.449. The van der Waals surface area contributed by atoms with Crippen LogP contribution in [-0.2, 0) is 0 Å². The predicted octanol–water partition coefficient (Wildman–Crippen LogP) is 1.70. The fourth-order valence-corrected chi connectivity index (χ4v) is 2.97. The summed E-state index contributed by atoms with van der Waals surface area (Å²) in [7, 11) is 0. The lowest BCUT2D eigenvalue weighted by Crippen LogP contribution is -1.50. The lowest BCUT2D eigenvalue weighted by atomic mass is 11.0. The van der Waals surface area contributed by atoms with Crippen LogP contribution < -0.4 is 0 Å². The minimum absolute atomic E-state index is 1.19. The third kappa shape index (κ3) is 0.535. The number of nitrogens with one attached hydrogen (secondary N) is 3. The molecular formula is C2H3N3S3. The molecule has 2 rings (SSSR count). The molecule has 0 unspecified atom stereocenters. The zero-order valence-corrected chi connectivity index (χ0v) is 6.17. The summed E-state index contributed by atoms with van der Waals surface area (Å²) in [5.41, 5.74) is 0. The van der Waals surface area contributed by atoms with Gasteiger partial charge in [-0.15, -0.1) is 0 Å². The second kappa shape index (κ2) is 1.64. The third-order valence-electron chi connectivity index (χ3n) is 0.781. The van der Waals surface area contributed by atoms with Crippen molar-refractivity contribution in [1.29, 1.82) is 0 Å². The molecule has 0 fully saturated rings. The highest BCUT2D eigenvalue weighted by molar-refractivity contribution is 7.19. The summed E-state index contributed by atoms with van der Waals surface area (Å²) in [6.07, 6.45) is 0. The van der Waals surface area contributed by atoms with Crippen LogP contribution in [-0.4, -0.2) is 12.5 Å². The van der Waals surface area contributed by atoms with Gasteiger partial charge in [0, 0.05) is 11.7 Å². The van der Waals surface area contributed by atoms with E-state index in [1.807, 2.05) is 0 Å². The first-order valence-corrected chi connectivity index (χ1v) is 4.42. The van der Waals surface area contributed by atoms with Gasteiger partial charge >= 0.3 is 0 Å². The molecule has 2 aliphatic heterocycles. The Morgan fingerprint density at radius 3 is 2.25 bits per heavy atom. The summed E-state index contributed by atoms with van der Waals surface area (Å²) in [4.78, 5) is 0. The molecule has 0 amide bonds. The van der Waals surface area contributed by atoms with Crippen molar-refractivity contribution in [2.75, 3.05) is 0 Å². The first-order valence-electron chi connectivity index (χ1n) is 1.97. The van der Waals surface area contributed by atoms with Crippen LogP contribution in [0.4, 0.5) is 0 Å². The summed E-state index contributed by atoms with van der Waals surface area (Å²) < 4.78 is 11.6. The van der Waals surface area contributed by atoms with E-state index in [9.17, 15) is 0 Å². The summed E-state index contributed by atoms with van der Waals surface area (Å²) in [6, 6.07) is 0. The van der Waals surface area contributed by atoms with E-state index in [0.717, 1.165) is 0 Å². The Labute approximate surface area is 56.9 Å². The number of hydrogen-bond acceptors (Lipinski definition) is 3. The van der Waals surface area contributed by atoms with E-state index in [1.54, 1.807) is 23.1 Å². The minimum atomic E-state index is 1.19. The van der Waals surface area contributed by atoms with Gasteiger partial charge in [-0.1, -0.05) is 0 Å². The Morgan fingerprint density at radius 1 is 1.00 bits per heavy atom. The molecule has 8 heavy (non-hydrogen) atoms. The van der Waals surface area contributed by atoms with Crippen molar-refractivity contribution in [3.8, 4) is 0 Å². The van der Waals surface area contributed by atoms with Gasteiger partial charge in [0.15, 0.2) is 9.33 Å². The lowest BCUT2D eigenvalue weighted by molar-refractivity contribution is 1.48. The maximum atomic E-state index is 3.08. The number of rotatable bonds is 0. The van der Waals surface area contributed by atoms with Gasteiger partial charge in [-0.3, -0.25) is 12.5 Å². The monoisotopic (exact) mass is 165 g/mol. The number of aromatic nitrogens is 3. The van der Waals surface area contributed by atoms with Crippen molar-refractivity contribution in [3.63, 3.8) is 0 Å². The van der Waals surface area contributed by atoms with Gasteiger partial charge in [0.2, 0.25) is 0 Å². The first kappa shape index (κ1) is 4.66. The molecule has 2 heterocycles. The molecule has 3 nitrogen and oxygen atoms in total. The Kier molecular flexibility index (Phi) is 0.956. The molecule has 0 saturated carbocycles. The van der Waals surface area contributed by atoms with E-state index in [4.69, 9.17) is 0 Å². The molecular weight excluding hydrogens is 162 g/mol. The molecule has 6 heteroatoms. The van der Waals surface area contributed by atoms with Crippen LogP contribution in [0.2, 0.25) is 0 Å². The molecule has 0 aromatic rings. The largest absolute Gasteiger partial charge is 0.285 e. The van der Waals surface area contributed by atoms with Crippen LogP contribution in [0.3, 0.4) is 0 Å². The minimum Gasteiger partial charge on any atom is -0.285 e. The summed E-state index contributed by atoms with van der Waals surface area (Å²) in [6.45, 7) is 0. The van der Waals surface area contributed by atoms with E-state index in [1.165, 1.54) is 21.1 Å². The molecule has 0 radical (unpaired) electrons. The topological polar surface area (TPSA) is 47.4 Å². The first-order chi connectivity index (χ1) is 3.97. The summed E-state index contributed by atoms with van der Waals surface area (Å²) in [5.74, 6) is 0. The maximum absolute atomic E-state index is 3.08. The molecule has 0 bridgehead atoms. The van der Waals surface area contributed by atoms with Crippen LogP contribution in [0.15, 0.2) is 0 Å². The van der Waals surface area contributed by atoms with Crippen LogP contribution in [0.1, 0.15) is 0 Å². The van der Waals surface area contributed by atoms with Crippen molar-refractivity contribution in [3.05, 3.63) is 9.33 Å². The molecule has 3 N–H and O–H groups in total. The zero-order chi connectivity index (χ0) is 5.40. The molecule has 44 valence electrons. The molecule has 0 aromatic carbocycles. The predicted molar refractivity (Wildman–Crippen MR) is 36.1 cm³/mol. The van der Waals surface area contributed by atoms with Crippen LogP contribution in [0.25, 0.3) is 0 Å². The zero-order valence-electron chi connectivity index (χ0n) is 3.72. The normalized spacial score (nSPS) is 10.5. The second-order valence-electron chi connectivity index (χ2n) is 1.25. The van der Waals surface area contributed by atoms with Crippen molar-refractivity contribution >= 4 is 34.8 Å². The van der Waals surface area contributed by atoms with Gasteiger partial charge in [-0.2, -0.15) is 0 Å². The van der Waals surface area contributed by atoms with Crippen molar-refractivity contribution in [1.82, 2.24) is 12.5 Å². The van der Waals surface area contributed by atoms with E-state index in [2.05, 4.69) is 12.5 Å². The smallest absolute Gasteiger partial charge is 0.157 e. The molecule has 0 atom stereocenters. The number of H-pyrrole nitrogens is 3. The molecule has 0 saturated heterocycles. The second-order valence-corrected chi connectivity index (χ2v) is 3.76. The lowest BCUT2D eigenvalue weighted by Gasteiger charge is -1.61. The average Bonchev–Trinajstić information content (AvgIpc) is 2.15. The van der Waals surface area contributed by atoms with Gasteiger partial charge in [0.25, 0.3) is 0 Å². The summed E-state index contributed by atoms with van der Waals surface area (Å²) >= 11 is 4.73. The van der Waals surface area contributed by atoms with Gasteiger partial charge in [-0.25, -0.2) is 0 Å². The highest BCUT2D eigenvalue weighted by atomic mass is 32.2. The van der Waals surface area contributed by atoms with E-state index < -0.39 is 0 Å². The van der Waals surface area contributed by atoms with Crippen LogP contribution in [0, 0.1) is 9.33 Å². The van der Waals surface area contributed by atoms with E-state index >= 15 is 0 Å².